The predicted molar refractivity (Wildman–Crippen MR) is 108 cm³/mol. The van der Waals surface area contributed by atoms with E-state index >= 15 is 0 Å². The summed E-state index contributed by atoms with van der Waals surface area (Å²) in [5.74, 6) is 1.48. The molecule has 2 heterocycles. The molecule has 148 valence electrons. The van der Waals surface area contributed by atoms with Crippen LogP contribution in [0.4, 0.5) is 0 Å². The lowest BCUT2D eigenvalue weighted by molar-refractivity contribution is 0.0921. The number of aryl methyl sites for hydroxylation is 5. The van der Waals surface area contributed by atoms with Gasteiger partial charge in [-0.3, -0.25) is 9.48 Å². The molecule has 1 aromatic carbocycles. The third kappa shape index (κ3) is 5.03. The molecule has 1 N–H and O–H groups in total. The van der Waals surface area contributed by atoms with E-state index in [4.69, 9.17) is 9.15 Å². The Morgan fingerprint density at radius 2 is 1.93 bits per heavy atom. The van der Waals surface area contributed by atoms with Crippen molar-refractivity contribution in [1.82, 2.24) is 15.1 Å². The van der Waals surface area contributed by atoms with Gasteiger partial charge in [0.1, 0.15) is 18.1 Å². The first kappa shape index (κ1) is 19.7. The highest BCUT2D eigenvalue weighted by atomic mass is 16.5. The Labute approximate surface area is 165 Å². The zero-order chi connectivity index (χ0) is 20.1. The van der Waals surface area contributed by atoms with E-state index in [1.807, 2.05) is 49.7 Å². The Bertz CT molecular complexity index is 956. The molecule has 28 heavy (non-hydrogen) atoms. The Morgan fingerprint density at radius 1 is 1.11 bits per heavy atom. The standard InChI is InChI=1S/C22H27N3O3/c1-15-6-7-19(12-16(15)2)27-14-20-8-9-21(28-20)22(26)23-10-5-11-25-18(4)13-17(3)24-25/h6-9,12-13H,5,10-11,14H2,1-4H3,(H,23,26). The molecule has 3 rings (SSSR count). The van der Waals surface area contributed by atoms with Crippen LogP contribution in [0.15, 0.2) is 40.8 Å². The summed E-state index contributed by atoms with van der Waals surface area (Å²) in [6.45, 7) is 9.74. The lowest BCUT2D eigenvalue weighted by Crippen LogP contribution is -2.25. The van der Waals surface area contributed by atoms with Crippen molar-refractivity contribution in [3.05, 3.63) is 70.4 Å². The molecule has 0 saturated heterocycles. The SMILES string of the molecule is Cc1cc(C)n(CCCNC(=O)c2ccc(COc3ccc(C)c(C)c3)o2)n1. The maximum atomic E-state index is 12.2. The molecule has 0 aliphatic rings. The predicted octanol–water partition coefficient (Wildman–Crippen LogP) is 4.11. The Morgan fingerprint density at radius 3 is 2.64 bits per heavy atom. The van der Waals surface area contributed by atoms with Gasteiger partial charge in [-0.2, -0.15) is 5.10 Å². The van der Waals surface area contributed by atoms with Crippen LogP contribution in [0.3, 0.4) is 0 Å². The summed E-state index contributed by atoms with van der Waals surface area (Å²) in [6.07, 6.45) is 0.803. The summed E-state index contributed by atoms with van der Waals surface area (Å²) < 4.78 is 13.3. The Balaban J connectivity index is 1.44. The smallest absolute Gasteiger partial charge is 0.286 e. The second-order valence-corrected chi connectivity index (χ2v) is 7.06. The van der Waals surface area contributed by atoms with Crippen LogP contribution in [0.25, 0.3) is 0 Å². The summed E-state index contributed by atoms with van der Waals surface area (Å²) in [5, 5.41) is 7.30. The van der Waals surface area contributed by atoms with Crippen molar-refractivity contribution >= 4 is 5.91 Å². The first-order chi connectivity index (χ1) is 13.4. The number of nitrogens with one attached hydrogen (secondary N) is 1. The number of furan rings is 1. The molecule has 0 spiro atoms. The summed E-state index contributed by atoms with van der Waals surface area (Å²) >= 11 is 0. The molecule has 1 amide bonds. The summed E-state index contributed by atoms with van der Waals surface area (Å²) in [4.78, 5) is 12.2. The van der Waals surface area contributed by atoms with Gasteiger partial charge in [0.15, 0.2) is 5.76 Å². The van der Waals surface area contributed by atoms with Crippen molar-refractivity contribution in [1.29, 1.82) is 0 Å². The Hall–Kier alpha value is -3.02. The summed E-state index contributed by atoms with van der Waals surface area (Å²) in [6, 6.07) is 11.4. The third-order valence-corrected chi connectivity index (χ3v) is 4.68. The van der Waals surface area contributed by atoms with E-state index in [0.29, 0.717) is 18.1 Å². The zero-order valence-corrected chi connectivity index (χ0v) is 16.9. The van der Waals surface area contributed by atoms with Crippen LogP contribution in [-0.2, 0) is 13.2 Å². The van der Waals surface area contributed by atoms with Gasteiger partial charge >= 0.3 is 0 Å². The fourth-order valence-electron chi connectivity index (χ4n) is 2.95. The van der Waals surface area contributed by atoms with E-state index in [9.17, 15) is 4.79 Å². The molecule has 0 unspecified atom stereocenters. The van der Waals surface area contributed by atoms with Crippen molar-refractivity contribution in [3.63, 3.8) is 0 Å². The number of aromatic nitrogens is 2. The number of carbonyl (C=O) groups excluding carboxylic acids is 1. The highest BCUT2D eigenvalue weighted by Gasteiger charge is 2.11. The maximum Gasteiger partial charge on any atom is 0.286 e. The molecule has 0 atom stereocenters. The molecular formula is C22H27N3O3. The normalized spacial score (nSPS) is 10.9. The molecule has 0 fully saturated rings. The molecule has 0 saturated carbocycles. The van der Waals surface area contributed by atoms with Gasteiger partial charge in [0, 0.05) is 18.8 Å². The average molecular weight is 381 g/mol. The molecule has 0 aliphatic heterocycles. The van der Waals surface area contributed by atoms with E-state index in [0.717, 1.165) is 30.1 Å². The van der Waals surface area contributed by atoms with Crippen LogP contribution < -0.4 is 10.1 Å². The van der Waals surface area contributed by atoms with Gasteiger partial charge in [-0.05, 0) is 75.6 Å². The van der Waals surface area contributed by atoms with Crippen molar-refractivity contribution in [3.8, 4) is 5.75 Å². The van der Waals surface area contributed by atoms with Gasteiger partial charge in [0.25, 0.3) is 5.91 Å². The minimum absolute atomic E-state index is 0.217. The number of rotatable bonds is 8. The fourth-order valence-corrected chi connectivity index (χ4v) is 2.95. The van der Waals surface area contributed by atoms with E-state index in [-0.39, 0.29) is 12.5 Å². The first-order valence-corrected chi connectivity index (χ1v) is 9.50. The van der Waals surface area contributed by atoms with Crippen LogP contribution >= 0.6 is 0 Å². The van der Waals surface area contributed by atoms with Crippen LogP contribution in [-0.4, -0.2) is 22.2 Å². The van der Waals surface area contributed by atoms with Crippen molar-refractivity contribution < 1.29 is 13.9 Å². The fraction of sp³-hybridized carbons (Fsp3) is 0.364. The van der Waals surface area contributed by atoms with Gasteiger partial charge in [0.05, 0.1) is 5.69 Å². The third-order valence-electron chi connectivity index (χ3n) is 4.68. The molecule has 6 heteroatoms. The molecular weight excluding hydrogens is 354 g/mol. The number of hydrogen-bond donors (Lipinski definition) is 1. The number of nitrogens with zero attached hydrogens (tertiary/aromatic N) is 2. The quantitative estimate of drug-likeness (QED) is 0.596. The molecule has 0 bridgehead atoms. The molecule has 3 aromatic rings. The van der Waals surface area contributed by atoms with E-state index < -0.39 is 0 Å². The summed E-state index contributed by atoms with van der Waals surface area (Å²) in [7, 11) is 0. The van der Waals surface area contributed by atoms with Crippen LogP contribution in [0.2, 0.25) is 0 Å². The average Bonchev–Trinajstić information content (AvgIpc) is 3.26. The molecule has 6 nitrogen and oxygen atoms in total. The topological polar surface area (TPSA) is 69.3 Å². The molecule has 2 aromatic heterocycles. The lowest BCUT2D eigenvalue weighted by Gasteiger charge is -2.07. The van der Waals surface area contributed by atoms with E-state index in [2.05, 4.69) is 17.3 Å². The largest absolute Gasteiger partial charge is 0.486 e. The van der Waals surface area contributed by atoms with Gasteiger partial charge in [-0.15, -0.1) is 0 Å². The van der Waals surface area contributed by atoms with Crippen LogP contribution in [0.1, 0.15) is 45.3 Å². The number of ether oxygens (including phenoxy) is 1. The van der Waals surface area contributed by atoms with E-state index in [1.54, 1.807) is 12.1 Å². The number of hydrogen-bond acceptors (Lipinski definition) is 4. The van der Waals surface area contributed by atoms with E-state index in [1.165, 1.54) is 11.1 Å². The minimum atomic E-state index is -0.217. The Kier molecular flexibility index (Phi) is 6.19. The second kappa shape index (κ2) is 8.78. The van der Waals surface area contributed by atoms with Gasteiger partial charge in [0.2, 0.25) is 0 Å². The highest BCUT2D eigenvalue weighted by molar-refractivity contribution is 5.91. The molecule has 0 aliphatic carbocycles. The van der Waals surface area contributed by atoms with Gasteiger partial charge in [-0.1, -0.05) is 6.07 Å². The monoisotopic (exact) mass is 381 g/mol. The maximum absolute atomic E-state index is 12.2. The molecule has 0 radical (unpaired) electrons. The van der Waals surface area contributed by atoms with Crippen molar-refractivity contribution in [2.45, 2.75) is 47.3 Å². The van der Waals surface area contributed by atoms with Gasteiger partial charge < -0.3 is 14.5 Å². The summed E-state index contributed by atoms with van der Waals surface area (Å²) in [5.41, 5.74) is 4.54. The van der Waals surface area contributed by atoms with Crippen molar-refractivity contribution in [2.75, 3.05) is 6.54 Å². The number of amides is 1. The number of benzene rings is 1. The second-order valence-electron chi connectivity index (χ2n) is 7.06. The number of carbonyl (C=O) groups is 1. The van der Waals surface area contributed by atoms with Crippen molar-refractivity contribution in [2.24, 2.45) is 0 Å². The van der Waals surface area contributed by atoms with Crippen LogP contribution in [0.5, 0.6) is 5.75 Å². The zero-order valence-electron chi connectivity index (χ0n) is 16.9. The minimum Gasteiger partial charge on any atom is -0.486 e. The highest BCUT2D eigenvalue weighted by Crippen LogP contribution is 2.18. The lowest BCUT2D eigenvalue weighted by atomic mass is 10.1. The van der Waals surface area contributed by atoms with Gasteiger partial charge in [-0.25, -0.2) is 0 Å². The van der Waals surface area contributed by atoms with Crippen LogP contribution in [0, 0.1) is 27.7 Å². The first-order valence-electron chi connectivity index (χ1n) is 9.50.